The number of ether oxygens (including phenoxy) is 2. The second kappa shape index (κ2) is 7.26. The minimum atomic E-state index is -0.310. The lowest BCUT2D eigenvalue weighted by Gasteiger charge is -2.23. The molecule has 1 saturated heterocycles. The smallest absolute Gasteiger partial charge is 0.318 e. The summed E-state index contributed by atoms with van der Waals surface area (Å²) < 4.78 is 13.4. The summed E-state index contributed by atoms with van der Waals surface area (Å²) >= 11 is 0. The van der Waals surface area contributed by atoms with E-state index < -0.39 is 0 Å². The van der Waals surface area contributed by atoms with Crippen molar-refractivity contribution >= 4 is 11.4 Å². The number of hydrogen-bond acceptors (Lipinski definition) is 5. The van der Waals surface area contributed by atoms with E-state index in [1.807, 2.05) is 12.3 Å². The van der Waals surface area contributed by atoms with Crippen molar-refractivity contribution in [3.05, 3.63) is 28.2 Å². The van der Waals surface area contributed by atoms with E-state index in [2.05, 4.69) is 24.3 Å². The third kappa shape index (κ3) is 3.68. The SMILES string of the molecule is COc1nn(CC(=O)NC2CCOCC2)c(=O)c2cc(C(C)C)cn12. The molecule has 1 fully saturated rings. The van der Waals surface area contributed by atoms with Crippen LogP contribution in [-0.2, 0) is 16.1 Å². The van der Waals surface area contributed by atoms with Crippen LogP contribution in [0.25, 0.3) is 5.52 Å². The number of aromatic nitrogens is 3. The quantitative estimate of drug-likeness (QED) is 0.868. The number of carbonyl (C=O) groups is 1. The summed E-state index contributed by atoms with van der Waals surface area (Å²) in [4.78, 5) is 25.0. The molecule has 8 nitrogen and oxygen atoms in total. The zero-order valence-electron chi connectivity index (χ0n) is 14.8. The van der Waals surface area contributed by atoms with Gasteiger partial charge in [-0.3, -0.25) is 14.0 Å². The van der Waals surface area contributed by atoms with Crippen LogP contribution in [0.1, 0.15) is 38.2 Å². The third-order valence-electron chi connectivity index (χ3n) is 4.44. The number of nitrogens with zero attached hydrogens (tertiary/aromatic N) is 3. The first-order chi connectivity index (χ1) is 12.0. The molecular weight excluding hydrogens is 324 g/mol. The number of nitrogens with one attached hydrogen (secondary N) is 1. The number of rotatable bonds is 5. The standard InChI is InChI=1S/C17H24N4O4/c1-11(2)12-8-14-16(23)21(19-17(24-3)20(14)9-12)10-15(22)18-13-4-6-25-7-5-13/h8-9,11,13H,4-7,10H2,1-3H3,(H,18,22). The van der Waals surface area contributed by atoms with Crippen molar-refractivity contribution in [2.24, 2.45) is 0 Å². The largest absolute Gasteiger partial charge is 0.467 e. The van der Waals surface area contributed by atoms with Crippen LogP contribution in [0.5, 0.6) is 6.01 Å². The Morgan fingerprint density at radius 3 is 2.80 bits per heavy atom. The van der Waals surface area contributed by atoms with Crippen LogP contribution in [-0.4, -0.2) is 46.5 Å². The second-order valence-electron chi connectivity index (χ2n) is 6.59. The van der Waals surface area contributed by atoms with Gasteiger partial charge in [0, 0.05) is 25.5 Å². The minimum absolute atomic E-state index is 0.0865. The van der Waals surface area contributed by atoms with E-state index in [9.17, 15) is 9.59 Å². The lowest BCUT2D eigenvalue weighted by atomic mass is 10.1. The van der Waals surface area contributed by atoms with Gasteiger partial charge < -0.3 is 14.8 Å². The van der Waals surface area contributed by atoms with Gasteiger partial charge in [0.2, 0.25) is 5.91 Å². The highest BCUT2D eigenvalue weighted by Crippen LogP contribution is 2.19. The molecule has 136 valence electrons. The van der Waals surface area contributed by atoms with Crippen LogP contribution < -0.4 is 15.6 Å². The summed E-state index contributed by atoms with van der Waals surface area (Å²) in [5.74, 6) is 0.0396. The van der Waals surface area contributed by atoms with Crippen LogP contribution in [0.4, 0.5) is 0 Å². The van der Waals surface area contributed by atoms with Crippen LogP contribution in [0.2, 0.25) is 0 Å². The highest BCUT2D eigenvalue weighted by Gasteiger charge is 2.19. The van der Waals surface area contributed by atoms with E-state index in [4.69, 9.17) is 9.47 Å². The number of amides is 1. The van der Waals surface area contributed by atoms with E-state index in [0.717, 1.165) is 23.1 Å². The molecule has 1 aliphatic rings. The molecule has 2 aromatic rings. The van der Waals surface area contributed by atoms with Gasteiger partial charge in [-0.05, 0) is 30.4 Å². The van der Waals surface area contributed by atoms with Crippen LogP contribution >= 0.6 is 0 Å². The molecule has 3 rings (SSSR count). The van der Waals surface area contributed by atoms with Gasteiger partial charge in [0.25, 0.3) is 5.56 Å². The highest BCUT2D eigenvalue weighted by atomic mass is 16.5. The second-order valence-corrected chi connectivity index (χ2v) is 6.59. The van der Waals surface area contributed by atoms with Gasteiger partial charge in [-0.15, -0.1) is 5.10 Å². The molecule has 1 aliphatic heterocycles. The number of hydrogen-bond donors (Lipinski definition) is 1. The van der Waals surface area contributed by atoms with Crippen LogP contribution in [0.3, 0.4) is 0 Å². The molecule has 0 bridgehead atoms. The Morgan fingerprint density at radius 1 is 1.44 bits per heavy atom. The molecule has 0 unspecified atom stereocenters. The van der Waals surface area contributed by atoms with Gasteiger partial charge in [-0.25, -0.2) is 4.68 Å². The monoisotopic (exact) mass is 348 g/mol. The Hall–Kier alpha value is -2.35. The third-order valence-corrected chi connectivity index (χ3v) is 4.44. The van der Waals surface area contributed by atoms with Gasteiger partial charge in [0.05, 0.1) is 7.11 Å². The molecule has 1 N–H and O–H groups in total. The summed E-state index contributed by atoms with van der Waals surface area (Å²) in [5, 5.41) is 7.12. The van der Waals surface area contributed by atoms with Crippen molar-refractivity contribution < 1.29 is 14.3 Å². The van der Waals surface area contributed by atoms with E-state index in [1.165, 1.54) is 7.11 Å². The maximum absolute atomic E-state index is 12.7. The summed E-state index contributed by atoms with van der Waals surface area (Å²) in [6, 6.07) is 2.19. The molecule has 8 heteroatoms. The molecule has 0 spiro atoms. The van der Waals surface area contributed by atoms with Crippen LogP contribution in [0.15, 0.2) is 17.1 Å². The van der Waals surface area contributed by atoms with Gasteiger partial charge >= 0.3 is 6.01 Å². The maximum atomic E-state index is 12.7. The zero-order chi connectivity index (χ0) is 18.0. The Labute approximate surface area is 145 Å². The molecule has 1 amide bonds. The van der Waals surface area contributed by atoms with Gasteiger partial charge in [0.1, 0.15) is 12.1 Å². The molecule has 3 heterocycles. The fraction of sp³-hybridized carbons (Fsp3) is 0.588. The van der Waals surface area contributed by atoms with Gasteiger partial charge in [0.15, 0.2) is 0 Å². The fourth-order valence-electron chi connectivity index (χ4n) is 2.95. The molecular formula is C17H24N4O4. The summed E-state index contributed by atoms with van der Waals surface area (Å²) in [6.45, 7) is 5.25. The van der Waals surface area contributed by atoms with Gasteiger partial charge in [-0.2, -0.15) is 0 Å². The first-order valence-electron chi connectivity index (χ1n) is 8.53. The molecule has 25 heavy (non-hydrogen) atoms. The number of carbonyl (C=O) groups excluding carboxylic acids is 1. The van der Waals surface area contributed by atoms with E-state index in [1.54, 1.807) is 4.40 Å². The molecule has 0 aromatic carbocycles. The highest BCUT2D eigenvalue weighted by molar-refractivity contribution is 5.76. The topological polar surface area (TPSA) is 86.9 Å². The molecule has 0 atom stereocenters. The lowest BCUT2D eigenvalue weighted by molar-refractivity contribution is -0.123. The Kier molecular flexibility index (Phi) is 5.08. The number of methoxy groups -OCH3 is 1. The predicted octanol–water partition coefficient (Wildman–Crippen LogP) is 0.923. The number of fused-ring (bicyclic) bond motifs is 1. The molecule has 2 aromatic heterocycles. The van der Waals surface area contributed by atoms with Crippen molar-refractivity contribution in [3.63, 3.8) is 0 Å². The Morgan fingerprint density at radius 2 is 2.16 bits per heavy atom. The van der Waals surface area contributed by atoms with Gasteiger partial charge in [-0.1, -0.05) is 13.8 Å². The van der Waals surface area contributed by atoms with E-state index in [0.29, 0.717) is 18.7 Å². The van der Waals surface area contributed by atoms with Crippen molar-refractivity contribution in [1.29, 1.82) is 0 Å². The maximum Gasteiger partial charge on any atom is 0.318 e. The summed E-state index contributed by atoms with van der Waals surface area (Å²) in [5.41, 5.74) is 1.16. The summed E-state index contributed by atoms with van der Waals surface area (Å²) in [6.07, 6.45) is 3.42. The summed E-state index contributed by atoms with van der Waals surface area (Å²) in [7, 11) is 1.49. The van der Waals surface area contributed by atoms with Crippen molar-refractivity contribution in [2.45, 2.75) is 45.2 Å². The zero-order valence-corrected chi connectivity index (χ0v) is 14.8. The first-order valence-corrected chi connectivity index (χ1v) is 8.53. The predicted molar refractivity (Wildman–Crippen MR) is 92.1 cm³/mol. The fourth-order valence-corrected chi connectivity index (χ4v) is 2.95. The molecule has 0 saturated carbocycles. The Balaban J connectivity index is 1.86. The van der Waals surface area contributed by atoms with E-state index >= 15 is 0 Å². The minimum Gasteiger partial charge on any atom is -0.467 e. The average Bonchev–Trinajstić information content (AvgIpc) is 3.04. The van der Waals surface area contributed by atoms with Crippen LogP contribution in [0, 0.1) is 0 Å². The lowest BCUT2D eigenvalue weighted by Crippen LogP contribution is -2.42. The molecule has 0 radical (unpaired) electrons. The van der Waals surface area contributed by atoms with E-state index in [-0.39, 0.29) is 36.0 Å². The molecule has 0 aliphatic carbocycles. The normalized spacial score (nSPS) is 15.7. The first kappa shape index (κ1) is 17.5. The van der Waals surface area contributed by atoms with Crippen molar-refractivity contribution in [1.82, 2.24) is 19.5 Å². The van der Waals surface area contributed by atoms with Crippen molar-refractivity contribution in [2.75, 3.05) is 20.3 Å². The average molecular weight is 348 g/mol. The van der Waals surface area contributed by atoms with Crippen molar-refractivity contribution in [3.8, 4) is 6.01 Å². The Bertz CT molecular complexity index is 818.